The van der Waals surface area contributed by atoms with Gasteiger partial charge in [0.2, 0.25) is 0 Å². The zero-order valence-corrected chi connectivity index (χ0v) is 24.6. The van der Waals surface area contributed by atoms with Gasteiger partial charge in [-0.3, -0.25) is 19.5 Å². The van der Waals surface area contributed by atoms with Crippen LogP contribution in [-0.2, 0) is 0 Å². The van der Waals surface area contributed by atoms with E-state index in [2.05, 4.69) is 69.3 Å². The zero-order chi connectivity index (χ0) is 29.1. The van der Waals surface area contributed by atoms with E-state index in [4.69, 9.17) is 4.98 Å². The molecule has 0 fully saturated rings. The Morgan fingerprint density at radius 1 is 0.535 bits per heavy atom. The van der Waals surface area contributed by atoms with E-state index in [0.29, 0.717) is 17.7 Å². The van der Waals surface area contributed by atoms with Gasteiger partial charge in [-0.2, -0.15) is 0 Å². The van der Waals surface area contributed by atoms with Crippen LogP contribution in [0.5, 0.6) is 0 Å². The summed E-state index contributed by atoms with van der Waals surface area (Å²) in [7, 11) is 0. The van der Waals surface area contributed by atoms with Crippen molar-refractivity contribution in [2.24, 2.45) is 0 Å². The fraction of sp³-hybridized carbons (Fsp3) is 0.205. The van der Waals surface area contributed by atoms with E-state index in [1.54, 1.807) is 0 Å². The van der Waals surface area contributed by atoms with E-state index in [1.165, 1.54) is 53.6 Å². The van der Waals surface area contributed by atoms with Crippen molar-refractivity contribution in [2.45, 2.75) is 46.5 Å². The first-order valence-electron chi connectivity index (χ1n) is 15.5. The minimum Gasteiger partial charge on any atom is -0.274 e. The van der Waals surface area contributed by atoms with Gasteiger partial charge in [0.05, 0.1) is 0 Å². The quantitative estimate of drug-likeness (QED) is 0.0914. The Balaban J connectivity index is 1.38. The fourth-order valence-corrected chi connectivity index (χ4v) is 8.15. The summed E-state index contributed by atoms with van der Waals surface area (Å²) >= 11 is 0. The molecule has 1 aromatic heterocycles. The Bertz CT molecular complexity index is 2350. The lowest BCUT2D eigenvalue weighted by atomic mass is 9.82. The first-order chi connectivity index (χ1) is 21.0. The molecule has 0 spiro atoms. The third-order valence-electron chi connectivity index (χ3n) is 10.1. The number of hydrogen-bond donors (Lipinski definition) is 0. The van der Waals surface area contributed by atoms with Crippen molar-refractivity contribution in [3.8, 4) is 0 Å². The third kappa shape index (κ3) is 3.03. The largest absolute Gasteiger partial charge is 0.274 e. The summed E-state index contributed by atoms with van der Waals surface area (Å²) in [4.78, 5) is 33.8. The molecule has 2 amide bonds. The number of imide groups is 1. The van der Waals surface area contributed by atoms with Crippen molar-refractivity contribution >= 4 is 87.2 Å². The van der Waals surface area contributed by atoms with Gasteiger partial charge in [-0.05, 0) is 91.8 Å². The van der Waals surface area contributed by atoms with Crippen LogP contribution in [0.3, 0.4) is 0 Å². The molecule has 0 unspecified atom stereocenters. The molecule has 0 N–H and O–H groups in total. The molecular weight excluding hydrogens is 528 g/mol. The number of nitrogens with zero attached hydrogens (tertiary/aromatic N) is 2. The topological polar surface area (TPSA) is 50.3 Å². The highest BCUT2D eigenvalue weighted by Crippen LogP contribution is 2.49. The normalized spacial score (nSPS) is 14.0. The average molecular weight is 559 g/mol. The molecule has 0 atom stereocenters. The Kier molecular flexibility index (Phi) is 4.95. The predicted molar refractivity (Wildman–Crippen MR) is 178 cm³/mol. The molecular formula is C39H30N2O2. The summed E-state index contributed by atoms with van der Waals surface area (Å²) in [5.41, 5.74) is 3.58. The molecule has 8 aromatic rings. The van der Waals surface area contributed by atoms with Gasteiger partial charge in [0.15, 0.2) is 0 Å². The van der Waals surface area contributed by atoms with Gasteiger partial charge < -0.3 is 0 Å². The lowest BCUT2D eigenvalue weighted by Gasteiger charge is -2.28. The number of amides is 2. The molecule has 2 heterocycles. The van der Waals surface area contributed by atoms with Gasteiger partial charge in [0.25, 0.3) is 11.8 Å². The molecule has 0 saturated carbocycles. The second-order valence-electron chi connectivity index (χ2n) is 12.4. The van der Waals surface area contributed by atoms with Crippen LogP contribution >= 0.6 is 0 Å². The van der Waals surface area contributed by atoms with Crippen molar-refractivity contribution in [3.05, 3.63) is 89.2 Å². The van der Waals surface area contributed by atoms with Crippen molar-refractivity contribution in [1.82, 2.24) is 9.88 Å². The molecule has 1 aliphatic heterocycles. The number of pyridine rings is 1. The molecule has 7 aromatic carbocycles. The van der Waals surface area contributed by atoms with Crippen LogP contribution in [0.4, 0.5) is 0 Å². The van der Waals surface area contributed by atoms with Crippen molar-refractivity contribution in [2.75, 3.05) is 6.54 Å². The minimum atomic E-state index is -0.170. The van der Waals surface area contributed by atoms with Crippen molar-refractivity contribution < 1.29 is 9.59 Å². The number of carbonyl (C=O) groups excluding carboxylic acids is 2. The van der Waals surface area contributed by atoms with E-state index in [1.807, 2.05) is 18.3 Å². The third-order valence-corrected chi connectivity index (χ3v) is 10.1. The summed E-state index contributed by atoms with van der Waals surface area (Å²) in [5, 5.41) is 16.2. The minimum absolute atomic E-state index is 0.170. The second-order valence-corrected chi connectivity index (χ2v) is 12.4. The second kappa shape index (κ2) is 8.61. The van der Waals surface area contributed by atoms with Crippen LogP contribution in [0, 0.1) is 13.8 Å². The van der Waals surface area contributed by atoms with E-state index < -0.39 is 0 Å². The van der Waals surface area contributed by atoms with Gasteiger partial charge in [-0.1, -0.05) is 74.7 Å². The SMILES string of the molecule is CCCCCCN1C(=O)c2ccc3c4ccc5c6ccc(C)c7c(C)ncc(c8ccc(c9ccc(c2c39)C1=O)c4c58)c76. The first kappa shape index (κ1) is 24.7. The number of rotatable bonds is 5. The van der Waals surface area contributed by atoms with E-state index in [9.17, 15) is 9.59 Å². The molecule has 9 rings (SSSR count). The Morgan fingerprint density at radius 3 is 1.56 bits per heavy atom. The number of aromatic nitrogens is 1. The molecule has 0 radical (unpaired) electrons. The highest BCUT2D eigenvalue weighted by Gasteiger charge is 2.34. The number of benzene rings is 7. The van der Waals surface area contributed by atoms with Crippen LogP contribution in [-0.4, -0.2) is 28.2 Å². The maximum absolute atomic E-state index is 13.7. The maximum atomic E-state index is 13.7. The number of unbranched alkanes of at least 4 members (excludes halogenated alkanes) is 3. The highest BCUT2D eigenvalue weighted by atomic mass is 16.2. The molecule has 1 aliphatic rings. The molecule has 4 heteroatoms. The molecule has 4 nitrogen and oxygen atoms in total. The summed E-state index contributed by atoms with van der Waals surface area (Å²) in [5.74, 6) is -0.340. The smallest absolute Gasteiger partial charge is 0.261 e. The molecule has 0 saturated heterocycles. The first-order valence-corrected chi connectivity index (χ1v) is 15.5. The zero-order valence-electron chi connectivity index (χ0n) is 24.6. The standard InChI is InChI=1S/C39H30N2O2/c1-4-5-6-7-18-41-38(42)29-16-14-26-24-11-10-23-22-9-8-20(2)32-21(3)40-19-31(36(22)32)28-13-12-25(33(24)35(23)28)27-15-17-30(39(41)43)37(29)34(26)27/h8-17,19H,4-7,18H2,1-3H3. The molecule has 208 valence electrons. The Labute approximate surface area is 248 Å². The van der Waals surface area contributed by atoms with E-state index in [0.717, 1.165) is 63.7 Å². The van der Waals surface area contributed by atoms with Crippen LogP contribution in [0.1, 0.15) is 64.6 Å². The summed E-state index contributed by atoms with van der Waals surface area (Å²) in [6, 6.07) is 21.6. The Hall–Kier alpha value is -4.83. The lowest BCUT2D eigenvalue weighted by molar-refractivity contribution is 0.0608. The number of carbonyl (C=O) groups is 2. The molecule has 0 bridgehead atoms. The number of aryl methyl sites for hydroxylation is 2. The Morgan fingerprint density at radius 2 is 1.00 bits per heavy atom. The summed E-state index contributed by atoms with van der Waals surface area (Å²) < 4.78 is 0. The van der Waals surface area contributed by atoms with Gasteiger partial charge in [-0.15, -0.1) is 0 Å². The highest BCUT2D eigenvalue weighted by molar-refractivity contribution is 6.44. The van der Waals surface area contributed by atoms with Gasteiger partial charge in [-0.25, -0.2) is 0 Å². The van der Waals surface area contributed by atoms with E-state index in [-0.39, 0.29) is 11.8 Å². The summed E-state index contributed by atoms with van der Waals surface area (Å²) in [6.07, 6.45) is 6.13. The van der Waals surface area contributed by atoms with Crippen molar-refractivity contribution in [3.63, 3.8) is 0 Å². The fourth-order valence-electron chi connectivity index (χ4n) is 8.15. The number of fused-ring (bicyclic) bond motifs is 4. The van der Waals surface area contributed by atoms with Crippen LogP contribution in [0.25, 0.3) is 75.4 Å². The lowest BCUT2D eigenvalue weighted by Crippen LogP contribution is -2.40. The van der Waals surface area contributed by atoms with Crippen LogP contribution in [0.2, 0.25) is 0 Å². The average Bonchev–Trinajstić information content (AvgIpc) is 3.02. The summed E-state index contributed by atoms with van der Waals surface area (Å²) in [6.45, 7) is 6.90. The van der Waals surface area contributed by atoms with Crippen LogP contribution in [0.15, 0.2) is 66.9 Å². The van der Waals surface area contributed by atoms with Gasteiger partial charge in [0.1, 0.15) is 0 Å². The predicted octanol–water partition coefficient (Wildman–Crippen LogP) is 9.82. The maximum Gasteiger partial charge on any atom is 0.261 e. The van der Waals surface area contributed by atoms with Gasteiger partial charge in [0, 0.05) is 51.1 Å². The van der Waals surface area contributed by atoms with Crippen molar-refractivity contribution in [1.29, 1.82) is 0 Å². The molecule has 0 aliphatic carbocycles. The molecule has 43 heavy (non-hydrogen) atoms. The van der Waals surface area contributed by atoms with E-state index >= 15 is 0 Å². The monoisotopic (exact) mass is 558 g/mol. The van der Waals surface area contributed by atoms with Gasteiger partial charge >= 0.3 is 0 Å². The number of hydrogen-bond acceptors (Lipinski definition) is 3. The van der Waals surface area contributed by atoms with Crippen LogP contribution < -0.4 is 0 Å².